The largest absolute Gasteiger partial charge is 0.462 e. The van der Waals surface area contributed by atoms with Gasteiger partial charge in [-0.15, -0.1) is 0 Å². The van der Waals surface area contributed by atoms with Gasteiger partial charge in [-0.3, -0.25) is 4.79 Å². The van der Waals surface area contributed by atoms with Crippen molar-refractivity contribution >= 4 is 5.97 Å². The van der Waals surface area contributed by atoms with Crippen LogP contribution < -0.4 is 5.32 Å². The van der Waals surface area contributed by atoms with Crippen LogP contribution in [-0.2, 0) is 14.3 Å². The van der Waals surface area contributed by atoms with Crippen LogP contribution >= 0.6 is 0 Å². The summed E-state index contributed by atoms with van der Waals surface area (Å²) in [5, 5.41) is 3.15. The third kappa shape index (κ3) is 5.14. The van der Waals surface area contributed by atoms with Gasteiger partial charge in [0.2, 0.25) is 0 Å². The third-order valence-electron chi connectivity index (χ3n) is 2.37. The molecule has 1 heterocycles. The minimum Gasteiger partial charge on any atom is -0.462 e. The van der Waals surface area contributed by atoms with Crippen molar-refractivity contribution in [1.29, 1.82) is 0 Å². The Morgan fingerprint density at radius 2 is 2.20 bits per heavy atom. The molecule has 0 radical (unpaired) electrons. The van der Waals surface area contributed by atoms with Gasteiger partial charge in [0, 0.05) is 0 Å². The Bertz CT molecular complexity index is 188. The number of nitrogens with one attached hydrogen (secondary N) is 1. The molecule has 0 aromatic rings. The maximum atomic E-state index is 11.5. The van der Waals surface area contributed by atoms with Crippen LogP contribution in [0.5, 0.6) is 0 Å². The summed E-state index contributed by atoms with van der Waals surface area (Å²) in [5.74, 6) is -0.137. The molecule has 1 fully saturated rings. The molecule has 0 aliphatic carbocycles. The molecule has 1 N–H and O–H groups in total. The molecule has 0 aromatic carbocycles. The third-order valence-corrected chi connectivity index (χ3v) is 2.37. The van der Waals surface area contributed by atoms with E-state index < -0.39 is 0 Å². The molecule has 4 heteroatoms. The molecule has 1 aliphatic heterocycles. The van der Waals surface area contributed by atoms with E-state index in [0.29, 0.717) is 13.2 Å². The number of hydrogen-bond donors (Lipinski definition) is 1. The highest BCUT2D eigenvalue weighted by Gasteiger charge is 2.21. The Balaban J connectivity index is 2.07. The van der Waals surface area contributed by atoms with Gasteiger partial charge in [0.25, 0.3) is 0 Å². The van der Waals surface area contributed by atoms with Crippen molar-refractivity contribution in [2.24, 2.45) is 0 Å². The van der Waals surface area contributed by atoms with Gasteiger partial charge in [-0.05, 0) is 33.2 Å². The summed E-state index contributed by atoms with van der Waals surface area (Å²) >= 11 is 0. The Morgan fingerprint density at radius 3 is 2.80 bits per heavy atom. The van der Waals surface area contributed by atoms with Crippen molar-refractivity contribution in [1.82, 2.24) is 5.32 Å². The molecule has 0 aromatic heterocycles. The van der Waals surface area contributed by atoms with Crippen molar-refractivity contribution in [3.8, 4) is 0 Å². The first-order valence-corrected chi connectivity index (χ1v) is 5.72. The summed E-state index contributed by atoms with van der Waals surface area (Å²) in [7, 11) is 0. The summed E-state index contributed by atoms with van der Waals surface area (Å²) in [4.78, 5) is 11.5. The standard InChI is InChI=1S/C11H21NO3/c1-9(2)14-7-8-15-11(13)10-5-3-4-6-12-10/h9-10,12H,3-8H2,1-2H3. The van der Waals surface area contributed by atoms with Crippen molar-refractivity contribution in [3.05, 3.63) is 0 Å². The fourth-order valence-electron chi connectivity index (χ4n) is 1.58. The van der Waals surface area contributed by atoms with Gasteiger partial charge in [0.1, 0.15) is 12.6 Å². The molecule has 15 heavy (non-hydrogen) atoms. The van der Waals surface area contributed by atoms with E-state index in [1.807, 2.05) is 13.8 Å². The Hall–Kier alpha value is -0.610. The minimum absolute atomic E-state index is 0.0993. The number of hydrogen-bond acceptors (Lipinski definition) is 4. The normalized spacial score (nSPS) is 21.7. The molecular formula is C11H21NO3. The van der Waals surface area contributed by atoms with Crippen LogP contribution in [0.15, 0.2) is 0 Å². The number of ether oxygens (including phenoxy) is 2. The maximum Gasteiger partial charge on any atom is 0.323 e. The fraction of sp³-hybridized carbons (Fsp3) is 0.909. The lowest BCUT2D eigenvalue weighted by Crippen LogP contribution is -2.41. The van der Waals surface area contributed by atoms with Gasteiger partial charge in [-0.25, -0.2) is 0 Å². The number of carbonyl (C=O) groups is 1. The van der Waals surface area contributed by atoms with E-state index in [2.05, 4.69) is 5.32 Å². The van der Waals surface area contributed by atoms with Gasteiger partial charge in [0.05, 0.1) is 12.7 Å². The van der Waals surface area contributed by atoms with Gasteiger partial charge >= 0.3 is 5.97 Å². The molecular weight excluding hydrogens is 194 g/mol. The zero-order chi connectivity index (χ0) is 11.1. The Kier molecular flexibility index (Phi) is 5.65. The minimum atomic E-state index is -0.137. The van der Waals surface area contributed by atoms with Crippen LogP contribution in [0.2, 0.25) is 0 Å². The lowest BCUT2D eigenvalue weighted by atomic mass is 10.1. The number of piperidine rings is 1. The Labute approximate surface area is 91.3 Å². The molecule has 1 aliphatic rings. The van der Waals surface area contributed by atoms with E-state index in [1.54, 1.807) is 0 Å². The summed E-state index contributed by atoms with van der Waals surface area (Å²) < 4.78 is 10.4. The van der Waals surface area contributed by atoms with Gasteiger partial charge in [0.15, 0.2) is 0 Å². The van der Waals surface area contributed by atoms with E-state index in [4.69, 9.17) is 9.47 Å². The molecule has 1 atom stereocenters. The van der Waals surface area contributed by atoms with Crippen molar-refractivity contribution < 1.29 is 14.3 Å². The molecule has 1 saturated heterocycles. The van der Waals surface area contributed by atoms with E-state index in [9.17, 15) is 4.79 Å². The van der Waals surface area contributed by atoms with Crippen LogP contribution in [0.1, 0.15) is 33.1 Å². The molecule has 1 unspecified atom stereocenters. The average molecular weight is 215 g/mol. The number of esters is 1. The lowest BCUT2D eigenvalue weighted by molar-refractivity contribution is -0.148. The highest BCUT2D eigenvalue weighted by molar-refractivity contribution is 5.75. The topological polar surface area (TPSA) is 47.6 Å². The molecule has 0 saturated carbocycles. The van der Waals surface area contributed by atoms with Crippen LogP contribution in [0.25, 0.3) is 0 Å². The predicted octanol–water partition coefficient (Wildman–Crippen LogP) is 1.10. The van der Waals surface area contributed by atoms with Crippen LogP contribution in [0.3, 0.4) is 0 Å². The summed E-state index contributed by atoms with van der Waals surface area (Å²) in [6, 6.07) is -0.0993. The molecule has 0 amide bonds. The van der Waals surface area contributed by atoms with Crippen molar-refractivity contribution in [3.63, 3.8) is 0 Å². The van der Waals surface area contributed by atoms with E-state index >= 15 is 0 Å². The van der Waals surface area contributed by atoms with Gasteiger partial charge < -0.3 is 14.8 Å². The summed E-state index contributed by atoms with van der Waals surface area (Å²) in [5.41, 5.74) is 0. The second-order valence-corrected chi connectivity index (χ2v) is 4.09. The van der Waals surface area contributed by atoms with E-state index in [-0.39, 0.29) is 18.1 Å². The number of carbonyl (C=O) groups excluding carboxylic acids is 1. The molecule has 88 valence electrons. The van der Waals surface area contributed by atoms with Gasteiger partial charge in [-0.2, -0.15) is 0 Å². The summed E-state index contributed by atoms with van der Waals surface area (Å²) in [6.45, 7) is 5.68. The zero-order valence-corrected chi connectivity index (χ0v) is 9.62. The second-order valence-electron chi connectivity index (χ2n) is 4.09. The maximum absolute atomic E-state index is 11.5. The van der Waals surface area contributed by atoms with Crippen LogP contribution in [0.4, 0.5) is 0 Å². The SMILES string of the molecule is CC(C)OCCOC(=O)C1CCCCN1. The highest BCUT2D eigenvalue weighted by atomic mass is 16.6. The zero-order valence-electron chi connectivity index (χ0n) is 9.62. The second kappa shape index (κ2) is 6.80. The smallest absolute Gasteiger partial charge is 0.323 e. The molecule has 0 spiro atoms. The van der Waals surface area contributed by atoms with Crippen molar-refractivity contribution in [2.45, 2.75) is 45.3 Å². The number of rotatable bonds is 5. The predicted molar refractivity (Wildman–Crippen MR) is 57.7 cm³/mol. The van der Waals surface area contributed by atoms with Crippen LogP contribution in [-0.4, -0.2) is 37.9 Å². The van der Waals surface area contributed by atoms with Crippen LogP contribution in [0, 0.1) is 0 Å². The van der Waals surface area contributed by atoms with Crippen molar-refractivity contribution in [2.75, 3.05) is 19.8 Å². The average Bonchev–Trinajstić information content (AvgIpc) is 2.25. The molecule has 0 bridgehead atoms. The van der Waals surface area contributed by atoms with E-state index in [0.717, 1.165) is 25.8 Å². The Morgan fingerprint density at radius 1 is 1.40 bits per heavy atom. The first-order valence-electron chi connectivity index (χ1n) is 5.72. The van der Waals surface area contributed by atoms with E-state index in [1.165, 1.54) is 0 Å². The summed E-state index contributed by atoms with van der Waals surface area (Å²) in [6.07, 6.45) is 3.34. The van der Waals surface area contributed by atoms with Gasteiger partial charge in [-0.1, -0.05) is 6.42 Å². The molecule has 1 rings (SSSR count). The lowest BCUT2D eigenvalue weighted by Gasteiger charge is -2.21. The highest BCUT2D eigenvalue weighted by Crippen LogP contribution is 2.08. The monoisotopic (exact) mass is 215 g/mol. The first-order chi connectivity index (χ1) is 7.20. The fourth-order valence-corrected chi connectivity index (χ4v) is 1.58. The first kappa shape index (κ1) is 12.5. The molecule has 4 nitrogen and oxygen atoms in total. The quantitative estimate of drug-likeness (QED) is 0.551.